The van der Waals surface area contributed by atoms with E-state index >= 15 is 0 Å². The van der Waals surface area contributed by atoms with Crippen molar-refractivity contribution in [1.29, 1.82) is 0 Å². The number of pyridine rings is 1. The third-order valence-electron chi connectivity index (χ3n) is 3.27. The van der Waals surface area contributed by atoms with Crippen molar-refractivity contribution in [2.75, 3.05) is 6.61 Å². The van der Waals surface area contributed by atoms with Crippen molar-refractivity contribution in [3.8, 4) is 5.75 Å². The number of para-hydroxylation sites is 2. The number of hydrazone groups is 1. The highest BCUT2D eigenvalue weighted by molar-refractivity contribution is 6.32. The topological polar surface area (TPSA) is 63.6 Å². The minimum atomic E-state index is -0.371. The van der Waals surface area contributed by atoms with Crippen molar-refractivity contribution in [2.45, 2.75) is 0 Å². The molecule has 5 nitrogen and oxygen atoms in total. The monoisotopic (exact) mass is 339 g/mol. The molecule has 0 radical (unpaired) electrons. The van der Waals surface area contributed by atoms with Gasteiger partial charge in [-0.05, 0) is 24.3 Å². The molecule has 0 unspecified atom stereocenters. The molecule has 2 aromatic carbocycles. The predicted octanol–water partition coefficient (Wildman–Crippen LogP) is 3.42. The molecule has 3 aromatic rings. The number of carbonyl (C=O) groups excluding carboxylic acids is 1. The molecule has 0 atom stereocenters. The summed E-state index contributed by atoms with van der Waals surface area (Å²) < 4.78 is 5.34. The van der Waals surface area contributed by atoms with Crippen LogP contribution in [0.4, 0.5) is 0 Å². The number of nitrogens with zero attached hydrogens (tertiary/aromatic N) is 2. The van der Waals surface area contributed by atoms with E-state index in [0.29, 0.717) is 10.8 Å². The Morgan fingerprint density at radius 3 is 2.83 bits per heavy atom. The summed E-state index contributed by atoms with van der Waals surface area (Å²) in [5, 5.41) is 5.38. The number of hydrogen-bond donors (Lipinski definition) is 1. The van der Waals surface area contributed by atoms with Crippen LogP contribution in [0.2, 0.25) is 5.02 Å². The average molecular weight is 340 g/mol. The van der Waals surface area contributed by atoms with Crippen LogP contribution in [0.15, 0.2) is 65.9 Å². The molecule has 1 N–H and O–H groups in total. The highest BCUT2D eigenvalue weighted by atomic mass is 35.5. The number of hydrogen-bond acceptors (Lipinski definition) is 4. The van der Waals surface area contributed by atoms with E-state index in [2.05, 4.69) is 15.5 Å². The zero-order chi connectivity index (χ0) is 16.8. The first-order chi connectivity index (χ1) is 11.7. The van der Waals surface area contributed by atoms with Gasteiger partial charge in [-0.1, -0.05) is 41.9 Å². The molecule has 3 rings (SSSR count). The molecular formula is C18H14ClN3O2. The molecule has 0 aliphatic carbocycles. The highest BCUT2D eigenvalue weighted by Crippen LogP contribution is 2.22. The van der Waals surface area contributed by atoms with Gasteiger partial charge in [0.1, 0.15) is 5.75 Å². The van der Waals surface area contributed by atoms with Crippen molar-refractivity contribution in [1.82, 2.24) is 10.4 Å². The Morgan fingerprint density at radius 1 is 1.17 bits per heavy atom. The Kier molecular flexibility index (Phi) is 5.03. The standard InChI is InChI=1S/C18H14ClN3O2/c19-15-6-2-4-8-17(15)24-12-18(23)22-21-11-13-9-10-20-16-7-3-1-5-14(13)16/h1-11H,12H2,(H,22,23). The Bertz CT molecular complexity index is 891. The molecule has 0 spiro atoms. The highest BCUT2D eigenvalue weighted by Gasteiger charge is 2.04. The molecule has 0 aliphatic heterocycles. The second-order valence-corrected chi connectivity index (χ2v) is 5.34. The zero-order valence-corrected chi connectivity index (χ0v) is 13.4. The van der Waals surface area contributed by atoms with Crippen LogP contribution in [0.1, 0.15) is 5.56 Å². The van der Waals surface area contributed by atoms with E-state index in [1.807, 2.05) is 30.3 Å². The van der Waals surface area contributed by atoms with Gasteiger partial charge in [-0.25, -0.2) is 5.43 Å². The number of nitrogens with one attached hydrogen (secondary N) is 1. The number of benzene rings is 2. The molecule has 6 heteroatoms. The Balaban J connectivity index is 1.59. The van der Waals surface area contributed by atoms with Crippen LogP contribution in [0.25, 0.3) is 10.9 Å². The largest absolute Gasteiger partial charge is 0.482 e. The van der Waals surface area contributed by atoms with Gasteiger partial charge in [0.2, 0.25) is 0 Å². The number of aromatic nitrogens is 1. The summed E-state index contributed by atoms with van der Waals surface area (Å²) in [5.41, 5.74) is 4.17. The molecule has 1 aromatic heterocycles. The predicted molar refractivity (Wildman–Crippen MR) is 94.4 cm³/mol. The Hall–Kier alpha value is -2.92. The zero-order valence-electron chi connectivity index (χ0n) is 12.6. The van der Waals surface area contributed by atoms with Crippen LogP contribution in [-0.2, 0) is 4.79 Å². The van der Waals surface area contributed by atoms with E-state index < -0.39 is 0 Å². The number of rotatable bonds is 5. The van der Waals surface area contributed by atoms with Crippen molar-refractivity contribution in [3.05, 3.63) is 71.4 Å². The molecule has 0 bridgehead atoms. The SMILES string of the molecule is O=C(COc1ccccc1Cl)NN=Cc1ccnc2ccccc12. The van der Waals surface area contributed by atoms with Gasteiger partial charge in [0, 0.05) is 17.1 Å². The minimum Gasteiger partial charge on any atom is -0.482 e. The fourth-order valence-electron chi connectivity index (χ4n) is 2.14. The van der Waals surface area contributed by atoms with Crippen molar-refractivity contribution >= 4 is 34.6 Å². The fourth-order valence-corrected chi connectivity index (χ4v) is 2.33. The summed E-state index contributed by atoms with van der Waals surface area (Å²) in [5.74, 6) is 0.0861. The normalized spacial score (nSPS) is 10.9. The van der Waals surface area contributed by atoms with Gasteiger partial charge in [0.15, 0.2) is 6.61 Å². The molecular weight excluding hydrogens is 326 g/mol. The first-order valence-corrected chi connectivity index (χ1v) is 7.65. The number of amides is 1. The van der Waals surface area contributed by atoms with Crippen LogP contribution in [0.5, 0.6) is 5.75 Å². The smallest absolute Gasteiger partial charge is 0.277 e. The van der Waals surface area contributed by atoms with E-state index in [1.165, 1.54) is 0 Å². The quantitative estimate of drug-likeness (QED) is 0.572. The van der Waals surface area contributed by atoms with Gasteiger partial charge < -0.3 is 4.74 Å². The summed E-state index contributed by atoms with van der Waals surface area (Å²) in [6, 6.07) is 16.5. The second kappa shape index (κ2) is 7.57. The number of fused-ring (bicyclic) bond motifs is 1. The Labute approximate surface area is 143 Å². The number of carbonyl (C=O) groups is 1. The van der Waals surface area contributed by atoms with Gasteiger partial charge >= 0.3 is 0 Å². The van der Waals surface area contributed by atoms with Gasteiger partial charge in [-0.2, -0.15) is 5.10 Å². The lowest BCUT2D eigenvalue weighted by molar-refractivity contribution is -0.123. The van der Waals surface area contributed by atoms with E-state index in [4.69, 9.17) is 16.3 Å². The van der Waals surface area contributed by atoms with E-state index in [0.717, 1.165) is 16.5 Å². The first kappa shape index (κ1) is 16.0. The summed E-state index contributed by atoms with van der Waals surface area (Å²) in [6.07, 6.45) is 3.28. The maximum atomic E-state index is 11.8. The fraction of sp³-hybridized carbons (Fsp3) is 0.0556. The van der Waals surface area contributed by atoms with Crippen LogP contribution >= 0.6 is 11.6 Å². The summed E-state index contributed by atoms with van der Waals surface area (Å²) >= 11 is 5.96. The van der Waals surface area contributed by atoms with E-state index in [-0.39, 0.29) is 12.5 Å². The second-order valence-electron chi connectivity index (χ2n) is 4.93. The molecule has 1 amide bonds. The minimum absolute atomic E-state index is 0.168. The van der Waals surface area contributed by atoms with Gasteiger partial charge in [-0.3, -0.25) is 9.78 Å². The van der Waals surface area contributed by atoms with Crippen molar-refractivity contribution in [3.63, 3.8) is 0 Å². The maximum absolute atomic E-state index is 11.8. The Morgan fingerprint density at radius 2 is 1.96 bits per heavy atom. The summed E-state index contributed by atoms with van der Waals surface area (Å²) in [4.78, 5) is 16.1. The van der Waals surface area contributed by atoms with Crippen LogP contribution in [-0.4, -0.2) is 23.7 Å². The number of ether oxygens (including phenoxy) is 1. The molecule has 0 fully saturated rings. The molecule has 0 aliphatic rings. The third kappa shape index (κ3) is 3.88. The molecule has 0 saturated carbocycles. The van der Waals surface area contributed by atoms with E-state index in [9.17, 15) is 4.79 Å². The van der Waals surface area contributed by atoms with Crippen LogP contribution in [0.3, 0.4) is 0 Å². The van der Waals surface area contributed by atoms with Crippen molar-refractivity contribution < 1.29 is 9.53 Å². The molecule has 120 valence electrons. The lowest BCUT2D eigenvalue weighted by Gasteiger charge is -2.06. The molecule has 24 heavy (non-hydrogen) atoms. The van der Waals surface area contributed by atoms with E-state index in [1.54, 1.807) is 36.7 Å². The van der Waals surface area contributed by atoms with Gasteiger partial charge in [-0.15, -0.1) is 0 Å². The average Bonchev–Trinajstić information content (AvgIpc) is 2.61. The summed E-state index contributed by atoms with van der Waals surface area (Å²) in [6.45, 7) is -0.168. The first-order valence-electron chi connectivity index (χ1n) is 7.27. The van der Waals surface area contributed by atoms with Gasteiger partial charge in [0.25, 0.3) is 5.91 Å². The summed E-state index contributed by atoms with van der Waals surface area (Å²) in [7, 11) is 0. The maximum Gasteiger partial charge on any atom is 0.277 e. The van der Waals surface area contributed by atoms with Gasteiger partial charge in [0.05, 0.1) is 16.8 Å². The van der Waals surface area contributed by atoms with Crippen molar-refractivity contribution in [2.24, 2.45) is 5.10 Å². The lowest BCUT2D eigenvalue weighted by Crippen LogP contribution is -2.24. The molecule has 1 heterocycles. The third-order valence-corrected chi connectivity index (χ3v) is 3.58. The number of halogens is 1. The lowest BCUT2D eigenvalue weighted by atomic mass is 10.1. The van der Waals surface area contributed by atoms with Crippen LogP contribution in [0, 0.1) is 0 Å². The van der Waals surface area contributed by atoms with Crippen LogP contribution < -0.4 is 10.2 Å². The molecule has 0 saturated heterocycles.